The van der Waals surface area contributed by atoms with Crippen LogP contribution in [0.25, 0.3) is 22.3 Å². The number of rotatable bonds is 10. The first-order valence-corrected chi connectivity index (χ1v) is 11.2. The van der Waals surface area contributed by atoms with Crippen molar-refractivity contribution >= 4 is 0 Å². The minimum Gasteiger partial charge on any atom is -0.394 e. The normalized spacial score (nSPS) is 13.2. The predicted octanol–water partition coefficient (Wildman–Crippen LogP) is 5.78. The molecule has 0 spiro atoms. The van der Waals surface area contributed by atoms with Gasteiger partial charge in [-0.05, 0) is 72.2 Å². The average molecular weight is 435 g/mol. The van der Waals surface area contributed by atoms with Gasteiger partial charge in [0.1, 0.15) is 0 Å². The molecule has 32 heavy (non-hydrogen) atoms. The highest BCUT2D eigenvalue weighted by Crippen LogP contribution is 2.30. The fraction of sp³-hybridized carbons (Fsp3) is 0.357. The zero-order chi connectivity index (χ0) is 23.1. The van der Waals surface area contributed by atoms with Crippen molar-refractivity contribution in [2.75, 3.05) is 26.4 Å². The van der Waals surface area contributed by atoms with E-state index in [1.54, 1.807) is 0 Å². The number of hydrogen-bond donors (Lipinski definition) is 2. The summed E-state index contributed by atoms with van der Waals surface area (Å²) < 4.78 is 11.3. The van der Waals surface area contributed by atoms with E-state index in [0.717, 1.165) is 11.1 Å². The molecule has 3 aromatic rings. The molecule has 0 bridgehead atoms. The Balaban J connectivity index is 1.76. The maximum absolute atomic E-state index is 8.97. The molecule has 0 heterocycles. The van der Waals surface area contributed by atoms with Crippen molar-refractivity contribution in [2.45, 2.75) is 39.9 Å². The summed E-state index contributed by atoms with van der Waals surface area (Å²) in [6.07, 6.45) is -0.0805. The van der Waals surface area contributed by atoms with E-state index in [4.69, 9.17) is 19.7 Å². The van der Waals surface area contributed by atoms with Crippen LogP contribution in [0.4, 0.5) is 0 Å². The molecule has 170 valence electrons. The first kappa shape index (κ1) is 24.1. The molecule has 2 atom stereocenters. The van der Waals surface area contributed by atoms with Crippen LogP contribution < -0.4 is 0 Å². The van der Waals surface area contributed by atoms with Gasteiger partial charge in [-0.15, -0.1) is 0 Å². The fourth-order valence-electron chi connectivity index (χ4n) is 4.12. The predicted molar refractivity (Wildman–Crippen MR) is 130 cm³/mol. The maximum atomic E-state index is 8.97. The van der Waals surface area contributed by atoms with Crippen molar-refractivity contribution in [1.82, 2.24) is 0 Å². The van der Waals surface area contributed by atoms with Gasteiger partial charge < -0.3 is 19.7 Å². The van der Waals surface area contributed by atoms with Crippen LogP contribution in [-0.4, -0.2) is 36.6 Å². The van der Waals surface area contributed by atoms with Gasteiger partial charge in [-0.25, -0.2) is 0 Å². The molecule has 0 amide bonds. The number of aliphatic hydroxyl groups is 2. The van der Waals surface area contributed by atoms with E-state index < -0.39 is 0 Å². The van der Waals surface area contributed by atoms with Crippen LogP contribution in [0.15, 0.2) is 60.7 Å². The number of aryl methyl sites for hydroxylation is 2. The molecular formula is C28H34O4. The molecule has 0 aliphatic carbocycles. The van der Waals surface area contributed by atoms with Crippen molar-refractivity contribution < 1.29 is 19.7 Å². The molecule has 0 radical (unpaired) electrons. The number of aliphatic hydroxyl groups excluding tert-OH is 2. The van der Waals surface area contributed by atoms with Gasteiger partial charge in [0, 0.05) is 0 Å². The maximum Gasteiger partial charge on any atom is 0.0800 e. The molecule has 0 fully saturated rings. The number of benzene rings is 3. The second-order valence-corrected chi connectivity index (χ2v) is 8.19. The van der Waals surface area contributed by atoms with E-state index in [2.05, 4.69) is 74.5 Å². The molecular weight excluding hydrogens is 400 g/mol. The Morgan fingerprint density at radius 1 is 0.594 bits per heavy atom. The summed E-state index contributed by atoms with van der Waals surface area (Å²) in [5.41, 5.74) is 9.35. The quantitative estimate of drug-likeness (QED) is 0.425. The zero-order valence-corrected chi connectivity index (χ0v) is 19.5. The van der Waals surface area contributed by atoms with E-state index in [1.807, 2.05) is 13.8 Å². The summed E-state index contributed by atoms with van der Waals surface area (Å²) in [4.78, 5) is 0. The van der Waals surface area contributed by atoms with Crippen LogP contribution in [0.5, 0.6) is 0 Å². The zero-order valence-electron chi connectivity index (χ0n) is 19.5. The van der Waals surface area contributed by atoms with Gasteiger partial charge in [0.2, 0.25) is 0 Å². The lowest BCUT2D eigenvalue weighted by Crippen LogP contribution is -2.06. The molecule has 0 aliphatic rings. The minimum absolute atomic E-state index is 0.0343. The Kier molecular flexibility index (Phi) is 8.60. The fourth-order valence-corrected chi connectivity index (χ4v) is 4.12. The van der Waals surface area contributed by atoms with Crippen molar-refractivity contribution in [3.8, 4) is 22.3 Å². The molecule has 0 saturated carbocycles. The standard InChI is InChI=1S/C28H34O4/c1-19-17-25(9-11-27(19)21(3)31-15-13-29)23-5-7-24(8-6-23)26-10-12-28(20(2)18-26)22(4)32-16-14-30/h5-12,17-18,21-22,29-30H,13-16H2,1-4H3. The van der Waals surface area contributed by atoms with Crippen LogP contribution in [0.3, 0.4) is 0 Å². The molecule has 0 saturated heterocycles. The van der Waals surface area contributed by atoms with Crippen molar-refractivity contribution in [1.29, 1.82) is 0 Å². The lowest BCUT2D eigenvalue weighted by atomic mass is 9.94. The molecule has 2 N–H and O–H groups in total. The topological polar surface area (TPSA) is 58.9 Å². The molecule has 2 unspecified atom stereocenters. The Bertz CT molecular complexity index is 928. The summed E-state index contributed by atoms with van der Waals surface area (Å²) >= 11 is 0. The van der Waals surface area contributed by atoms with Gasteiger partial charge >= 0.3 is 0 Å². The van der Waals surface area contributed by atoms with E-state index in [0.29, 0.717) is 13.2 Å². The lowest BCUT2D eigenvalue weighted by Gasteiger charge is -2.17. The van der Waals surface area contributed by atoms with Crippen LogP contribution >= 0.6 is 0 Å². The van der Waals surface area contributed by atoms with E-state index in [-0.39, 0.29) is 25.4 Å². The summed E-state index contributed by atoms with van der Waals surface area (Å²) in [6, 6.07) is 21.5. The SMILES string of the molecule is Cc1cc(-c2ccc(-c3ccc(C(C)OCCO)c(C)c3)cc2)ccc1C(C)OCCO. The highest BCUT2D eigenvalue weighted by atomic mass is 16.5. The van der Waals surface area contributed by atoms with E-state index >= 15 is 0 Å². The van der Waals surface area contributed by atoms with Crippen LogP contribution in [0.2, 0.25) is 0 Å². The highest BCUT2D eigenvalue weighted by Gasteiger charge is 2.12. The van der Waals surface area contributed by atoms with E-state index in [1.165, 1.54) is 33.4 Å². The molecule has 0 aliphatic heterocycles. The third-order valence-corrected chi connectivity index (χ3v) is 5.89. The molecule has 4 nitrogen and oxygen atoms in total. The Labute approximate surface area is 191 Å². The molecule has 3 rings (SSSR count). The summed E-state index contributed by atoms with van der Waals surface area (Å²) in [5.74, 6) is 0. The first-order valence-electron chi connectivity index (χ1n) is 11.2. The number of ether oxygens (including phenoxy) is 2. The van der Waals surface area contributed by atoms with Crippen molar-refractivity contribution in [2.24, 2.45) is 0 Å². The van der Waals surface area contributed by atoms with E-state index in [9.17, 15) is 0 Å². The highest BCUT2D eigenvalue weighted by molar-refractivity contribution is 5.71. The molecule has 0 aromatic heterocycles. The Hall–Kier alpha value is -2.50. The monoisotopic (exact) mass is 434 g/mol. The minimum atomic E-state index is -0.0402. The van der Waals surface area contributed by atoms with Gasteiger partial charge in [0.05, 0.1) is 38.6 Å². The van der Waals surface area contributed by atoms with Crippen LogP contribution in [0.1, 0.15) is 48.3 Å². The van der Waals surface area contributed by atoms with Crippen molar-refractivity contribution in [3.05, 3.63) is 82.9 Å². The van der Waals surface area contributed by atoms with Gasteiger partial charge in [-0.1, -0.05) is 60.7 Å². The second kappa shape index (κ2) is 11.4. The average Bonchev–Trinajstić information content (AvgIpc) is 2.81. The summed E-state index contributed by atoms with van der Waals surface area (Å²) in [7, 11) is 0. The molecule has 3 aromatic carbocycles. The van der Waals surface area contributed by atoms with Gasteiger partial charge in [0.15, 0.2) is 0 Å². The summed E-state index contributed by atoms with van der Waals surface area (Å²) in [6.45, 7) is 8.98. The Morgan fingerprint density at radius 2 is 0.938 bits per heavy atom. The largest absolute Gasteiger partial charge is 0.394 e. The smallest absolute Gasteiger partial charge is 0.0800 e. The third kappa shape index (κ3) is 5.84. The van der Waals surface area contributed by atoms with Gasteiger partial charge in [0.25, 0.3) is 0 Å². The van der Waals surface area contributed by atoms with Crippen LogP contribution in [-0.2, 0) is 9.47 Å². The lowest BCUT2D eigenvalue weighted by molar-refractivity contribution is 0.0381. The number of hydrogen-bond acceptors (Lipinski definition) is 4. The summed E-state index contributed by atoms with van der Waals surface area (Å²) in [5, 5.41) is 17.9. The van der Waals surface area contributed by atoms with Gasteiger partial charge in [-0.3, -0.25) is 0 Å². The molecule has 4 heteroatoms. The first-order chi connectivity index (χ1) is 15.4. The third-order valence-electron chi connectivity index (χ3n) is 5.89. The Morgan fingerprint density at radius 3 is 1.25 bits per heavy atom. The van der Waals surface area contributed by atoms with Gasteiger partial charge in [-0.2, -0.15) is 0 Å². The second-order valence-electron chi connectivity index (χ2n) is 8.19. The van der Waals surface area contributed by atoms with Crippen LogP contribution in [0, 0.1) is 13.8 Å². The van der Waals surface area contributed by atoms with Crippen molar-refractivity contribution in [3.63, 3.8) is 0 Å².